The standard InChI is InChI=1S/C23H27N7O3/c1-15-14-33-12-11-28(15)18-13-17-22-21(25-18)20(16-5-8-24-26-16)27-30(22)10-6-19(31)29(17)9-4-7-23(2,3)32/h5,8,13,15,32H,6,9-12,14H2,1-3H3,(H,24,26)/t15-/m1/s1. The number of H-pyrrole nitrogens is 1. The van der Waals surface area contributed by atoms with Crippen LogP contribution in [0.15, 0.2) is 18.3 Å². The maximum absolute atomic E-state index is 13.1. The summed E-state index contributed by atoms with van der Waals surface area (Å²) in [5.41, 5.74) is 2.56. The minimum atomic E-state index is -1.13. The van der Waals surface area contributed by atoms with Crippen molar-refractivity contribution in [2.24, 2.45) is 0 Å². The molecule has 1 atom stereocenters. The van der Waals surface area contributed by atoms with Gasteiger partial charge in [-0.1, -0.05) is 11.8 Å². The number of pyridine rings is 1. The number of carbonyl (C=O) groups excluding carboxylic acids is 1. The van der Waals surface area contributed by atoms with Crippen molar-refractivity contribution in [1.29, 1.82) is 0 Å². The van der Waals surface area contributed by atoms with Gasteiger partial charge in [0.2, 0.25) is 5.91 Å². The Bertz CT molecular complexity index is 1250. The smallest absolute Gasteiger partial charge is 0.229 e. The summed E-state index contributed by atoms with van der Waals surface area (Å²) in [5, 5.41) is 21.9. The van der Waals surface area contributed by atoms with E-state index >= 15 is 0 Å². The van der Waals surface area contributed by atoms with Crippen LogP contribution in [0.1, 0.15) is 27.2 Å². The Labute approximate surface area is 191 Å². The first kappa shape index (κ1) is 21.4. The first-order valence-corrected chi connectivity index (χ1v) is 11.1. The maximum atomic E-state index is 13.1. The molecular formula is C23H27N7O3. The number of nitrogens with one attached hydrogen (secondary N) is 1. The molecule has 2 aliphatic heterocycles. The van der Waals surface area contributed by atoms with Crippen molar-refractivity contribution in [3.05, 3.63) is 18.3 Å². The van der Waals surface area contributed by atoms with Crippen molar-refractivity contribution in [3.63, 3.8) is 0 Å². The molecule has 10 nitrogen and oxygen atoms in total. The number of carbonyl (C=O) groups is 1. The van der Waals surface area contributed by atoms with Crippen LogP contribution in [-0.2, 0) is 16.1 Å². The SMILES string of the molecule is C[C@@H]1COCCN1c1cc2c3c(n1)c(-c1ccn[nH]1)nn3CCC(=O)N2CC#CC(C)(C)O. The number of anilines is 2. The lowest BCUT2D eigenvalue weighted by atomic mass is 10.1. The Morgan fingerprint density at radius 1 is 1.36 bits per heavy atom. The van der Waals surface area contributed by atoms with Gasteiger partial charge < -0.3 is 14.7 Å². The van der Waals surface area contributed by atoms with Crippen LogP contribution < -0.4 is 9.80 Å². The second-order valence-corrected chi connectivity index (χ2v) is 8.95. The molecule has 0 radical (unpaired) electrons. The summed E-state index contributed by atoms with van der Waals surface area (Å²) in [4.78, 5) is 22.0. The van der Waals surface area contributed by atoms with Gasteiger partial charge in [-0.3, -0.25) is 19.5 Å². The molecule has 3 aromatic rings. The molecule has 0 aromatic carbocycles. The Balaban J connectivity index is 1.71. The minimum absolute atomic E-state index is 0.0397. The van der Waals surface area contributed by atoms with Crippen LogP contribution >= 0.6 is 0 Å². The molecule has 0 unspecified atom stereocenters. The van der Waals surface area contributed by atoms with Crippen LogP contribution in [0.2, 0.25) is 0 Å². The predicted molar refractivity (Wildman–Crippen MR) is 124 cm³/mol. The van der Waals surface area contributed by atoms with E-state index in [4.69, 9.17) is 14.8 Å². The molecule has 2 aliphatic rings. The number of hydrogen-bond donors (Lipinski definition) is 2. The lowest BCUT2D eigenvalue weighted by Crippen LogP contribution is -2.44. The summed E-state index contributed by atoms with van der Waals surface area (Å²) in [6.45, 7) is 7.90. The number of nitrogens with zero attached hydrogens (tertiary/aromatic N) is 6. The number of rotatable bonds is 3. The van der Waals surface area contributed by atoms with Gasteiger partial charge in [0.05, 0.1) is 43.7 Å². The molecule has 10 heteroatoms. The molecule has 0 spiro atoms. The largest absolute Gasteiger partial charge is 0.378 e. The number of hydrogen-bond acceptors (Lipinski definition) is 7. The molecular weight excluding hydrogens is 422 g/mol. The second-order valence-electron chi connectivity index (χ2n) is 8.95. The van der Waals surface area contributed by atoms with E-state index in [-0.39, 0.29) is 18.5 Å². The molecule has 5 rings (SSSR count). The Morgan fingerprint density at radius 2 is 2.21 bits per heavy atom. The zero-order valence-corrected chi connectivity index (χ0v) is 19.0. The number of ether oxygens (including phenoxy) is 1. The van der Waals surface area contributed by atoms with Gasteiger partial charge in [0.15, 0.2) is 0 Å². The van der Waals surface area contributed by atoms with Crippen LogP contribution in [0, 0.1) is 11.8 Å². The predicted octanol–water partition coefficient (Wildman–Crippen LogP) is 1.56. The van der Waals surface area contributed by atoms with Crippen LogP contribution in [0.4, 0.5) is 11.5 Å². The third-order valence-corrected chi connectivity index (χ3v) is 5.84. The van der Waals surface area contributed by atoms with Crippen molar-refractivity contribution in [2.45, 2.75) is 45.4 Å². The number of aromatic amines is 1. The molecule has 3 aromatic heterocycles. The van der Waals surface area contributed by atoms with Crippen LogP contribution in [0.25, 0.3) is 22.4 Å². The number of amides is 1. The normalized spacial score (nSPS) is 18.9. The zero-order valence-electron chi connectivity index (χ0n) is 19.0. The highest BCUT2D eigenvalue weighted by atomic mass is 16.5. The van der Waals surface area contributed by atoms with Crippen LogP contribution in [-0.4, -0.2) is 73.9 Å². The van der Waals surface area contributed by atoms with E-state index in [1.165, 1.54) is 0 Å². The fourth-order valence-corrected chi connectivity index (χ4v) is 4.28. The molecule has 5 heterocycles. The van der Waals surface area contributed by atoms with E-state index < -0.39 is 5.60 Å². The van der Waals surface area contributed by atoms with Crippen LogP contribution in [0.3, 0.4) is 0 Å². The van der Waals surface area contributed by atoms with Crippen molar-refractivity contribution in [1.82, 2.24) is 25.0 Å². The molecule has 2 N–H and O–H groups in total. The maximum Gasteiger partial charge on any atom is 0.229 e. The van der Waals surface area contributed by atoms with E-state index in [1.54, 1.807) is 24.9 Å². The van der Waals surface area contributed by atoms with Gasteiger partial charge in [0.25, 0.3) is 0 Å². The first-order chi connectivity index (χ1) is 15.8. The number of morpholine rings is 1. The fraction of sp³-hybridized carbons (Fsp3) is 0.478. The minimum Gasteiger partial charge on any atom is -0.378 e. The molecule has 1 fully saturated rings. The molecule has 1 amide bonds. The lowest BCUT2D eigenvalue weighted by Gasteiger charge is -2.35. The number of aromatic nitrogens is 5. The van der Waals surface area contributed by atoms with E-state index in [0.717, 1.165) is 22.7 Å². The average Bonchev–Trinajstić information content (AvgIpc) is 3.39. The Morgan fingerprint density at radius 3 is 2.94 bits per heavy atom. The summed E-state index contributed by atoms with van der Waals surface area (Å²) in [7, 11) is 0. The van der Waals surface area contributed by atoms with Gasteiger partial charge in [-0.2, -0.15) is 10.2 Å². The van der Waals surface area contributed by atoms with Crippen molar-refractivity contribution in [2.75, 3.05) is 36.1 Å². The fourth-order valence-electron chi connectivity index (χ4n) is 4.28. The third kappa shape index (κ3) is 4.05. The zero-order chi connectivity index (χ0) is 23.2. The van der Waals surface area contributed by atoms with E-state index in [2.05, 4.69) is 33.9 Å². The molecule has 0 saturated carbocycles. The van der Waals surface area contributed by atoms with Gasteiger partial charge in [-0.05, 0) is 26.8 Å². The van der Waals surface area contributed by atoms with Gasteiger partial charge >= 0.3 is 0 Å². The Hall–Kier alpha value is -3.42. The number of aryl methyl sites for hydroxylation is 1. The van der Waals surface area contributed by atoms with Gasteiger partial charge in [-0.25, -0.2) is 4.98 Å². The second kappa shape index (κ2) is 8.17. The summed E-state index contributed by atoms with van der Waals surface area (Å²) in [6.07, 6.45) is 1.98. The topological polar surface area (TPSA) is 112 Å². The van der Waals surface area contributed by atoms with Crippen molar-refractivity contribution in [3.8, 4) is 23.2 Å². The van der Waals surface area contributed by atoms with E-state index in [0.29, 0.717) is 43.9 Å². The molecule has 0 bridgehead atoms. The summed E-state index contributed by atoms with van der Waals surface area (Å²) in [6, 6.07) is 3.96. The molecule has 172 valence electrons. The highest BCUT2D eigenvalue weighted by molar-refractivity contribution is 6.06. The number of aliphatic hydroxyl groups is 1. The molecule has 1 saturated heterocycles. The molecule has 33 heavy (non-hydrogen) atoms. The van der Waals surface area contributed by atoms with Gasteiger partial charge in [0, 0.05) is 25.2 Å². The van der Waals surface area contributed by atoms with Gasteiger partial charge in [0.1, 0.15) is 28.1 Å². The monoisotopic (exact) mass is 449 g/mol. The van der Waals surface area contributed by atoms with Crippen molar-refractivity contribution >= 4 is 28.4 Å². The van der Waals surface area contributed by atoms with E-state index in [1.807, 2.05) is 16.8 Å². The lowest BCUT2D eigenvalue weighted by molar-refractivity contribution is -0.118. The van der Waals surface area contributed by atoms with E-state index in [9.17, 15) is 9.90 Å². The first-order valence-electron chi connectivity index (χ1n) is 11.1. The van der Waals surface area contributed by atoms with Crippen LogP contribution in [0.5, 0.6) is 0 Å². The third-order valence-electron chi connectivity index (χ3n) is 5.84. The van der Waals surface area contributed by atoms with Crippen molar-refractivity contribution < 1.29 is 14.6 Å². The quantitative estimate of drug-likeness (QED) is 0.584. The highest BCUT2D eigenvalue weighted by Gasteiger charge is 2.30. The highest BCUT2D eigenvalue weighted by Crippen LogP contribution is 2.37. The Kier molecular flexibility index (Phi) is 5.31. The molecule has 0 aliphatic carbocycles. The summed E-state index contributed by atoms with van der Waals surface area (Å²) >= 11 is 0. The average molecular weight is 450 g/mol. The van der Waals surface area contributed by atoms with Gasteiger partial charge in [-0.15, -0.1) is 0 Å². The summed E-state index contributed by atoms with van der Waals surface area (Å²) < 4.78 is 7.46. The summed E-state index contributed by atoms with van der Waals surface area (Å²) in [5.74, 6) is 6.51.